The highest BCUT2D eigenvalue weighted by Gasteiger charge is 2.52. The Bertz CT molecular complexity index is 672. The van der Waals surface area contributed by atoms with Gasteiger partial charge in [0.05, 0.1) is 17.8 Å². The number of halogens is 1. The minimum absolute atomic E-state index is 0.0256. The lowest BCUT2D eigenvalue weighted by molar-refractivity contribution is -0.109. The lowest BCUT2D eigenvalue weighted by Crippen LogP contribution is -2.41. The van der Waals surface area contributed by atoms with Crippen LogP contribution >= 0.6 is 23.4 Å². The number of thioether (sulfide) groups is 1. The summed E-state index contributed by atoms with van der Waals surface area (Å²) in [4.78, 5) is 11.4. The molecule has 1 fully saturated rings. The third-order valence-electron chi connectivity index (χ3n) is 4.58. The fraction of sp³-hybridized carbons (Fsp3) is 0.500. The molecule has 1 aliphatic heterocycles. The Kier molecular flexibility index (Phi) is 6.44. The number of aliphatic hydroxyl groups is 1. The molecule has 25 heavy (non-hydrogen) atoms. The molecule has 2 rings (SSSR count). The summed E-state index contributed by atoms with van der Waals surface area (Å²) in [6, 6.07) is 5.35. The Labute approximate surface area is 159 Å². The van der Waals surface area contributed by atoms with E-state index in [1.807, 2.05) is 39.8 Å². The van der Waals surface area contributed by atoms with E-state index in [1.165, 1.54) is 18.7 Å². The van der Waals surface area contributed by atoms with Crippen LogP contribution in [0.1, 0.15) is 45.7 Å². The highest BCUT2D eigenvalue weighted by Crippen LogP contribution is 2.39. The Morgan fingerprint density at radius 3 is 2.40 bits per heavy atom. The van der Waals surface area contributed by atoms with Gasteiger partial charge in [-0.15, -0.1) is 0 Å². The van der Waals surface area contributed by atoms with Crippen molar-refractivity contribution >= 4 is 41.7 Å². The molecule has 0 radical (unpaired) electrons. The van der Waals surface area contributed by atoms with E-state index in [1.54, 1.807) is 12.1 Å². The Hall–Kier alpha value is -0.785. The third kappa shape index (κ3) is 4.89. The molecule has 1 aliphatic rings. The van der Waals surface area contributed by atoms with Crippen LogP contribution in [0, 0.1) is 0 Å². The van der Waals surface area contributed by atoms with Gasteiger partial charge in [-0.25, -0.2) is 0 Å². The molecule has 0 unspecified atom stereocenters. The molecule has 1 saturated heterocycles. The average molecular weight is 383 g/mol. The van der Waals surface area contributed by atoms with Crippen LogP contribution in [0.5, 0.6) is 0 Å². The number of carbonyl (C=O) groups excluding carboxylic acids is 1. The molecule has 0 spiro atoms. The van der Waals surface area contributed by atoms with E-state index in [0.29, 0.717) is 10.8 Å². The van der Waals surface area contributed by atoms with Crippen molar-refractivity contribution in [2.45, 2.75) is 52.4 Å². The monoisotopic (exact) mass is 382 g/mol. The Morgan fingerprint density at radius 1 is 1.28 bits per heavy atom. The minimum atomic E-state index is -0.550. The maximum Gasteiger partial charge on any atom is 0.491 e. The van der Waals surface area contributed by atoms with Crippen molar-refractivity contribution in [1.29, 1.82) is 0 Å². The van der Waals surface area contributed by atoms with E-state index < -0.39 is 18.3 Å². The first kappa shape index (κ1) is 20.5. The summed E-state index contributed by atoms with van der Waals surface area (Å²) in [5, 5.41) is 9.94. The summed E-state index contributed by atoms with van der Waals surface area (Å²) in [7, 11) is -0.550. The molecule has 0 bridgehead atoms. The second-order valence-corrected chi connectivity index (χ2v) is 8.66. The Morgan fingerprint density at radius 2 is 1.88 bits per heavy atom. The first-order valence-corrected chi connectivity index (χ1v) is 9.51. The molecule has 0 saturated carbocycles. The maximum absolute atomic E-state index is 11.4. The molecule has 0 aliphatic carbocycles. The van der Waals surface area contributed by atoms with Crippen LogP contribution in [0.15, 0.2) is 23.7 Å². The predicted octanol–water partition coefficient (Wildman–Crippen LogP) is 4.13. The van der Waals surface area contributed by atoms with E-state index in [-0.39, 0.29) is 11.7 Å². The largest absolute Gasteiger partial charge is 0.491 e. The molecule has 0 atom stereocenters. The number of hydrogen-bond donors (Lipinski definition) is 1. The highest BCUT2D eigenvalue weighted by atomic mass is 35.5. The first-order chi connectivity index (χ1) is 11.6. The van der Waals surface area contributed by atoms with Crippen molar-refractivity contribution in [1.82, 2.24) is 0 Å². The molecular formula is C18H24BClO4S. The minimum Gasteiger partial charge on any atom is -0.400 e. The molecule has 7 heteroatoms. The van der Waals surface area contributed by atoms with Crippen molar-refractivity contribution in [2.24, 2.45) is 0 Å². The zero-order valence-corrected chi connectivity index (χ0v) is 16.8. The van der Waals surface area contributed by atoms with E-state index >= 15 is 0 Å². The van der Waals surface area contributed by atoms with E-state index in [0.717, 1.165) is 16.6 Å². The molecule has 1 aromatic carbocycles. The predicted molar refractivity (Wildman–Crippen MR) is 105 cm³/mol. The smallest absolute Gasteiger partial charge is 0.400 e. The highest BCUT2D eigenvalue weighted by molar-refractivity contribution is 8.13. The van der Waals surface area contributed by atoms with Crippen LogP contribution in [-0.4, -0.2) is 34.3 Å². The van der Waals surface area contributed by atoms with E-state index in [2.05, 4.69) is 0 Å². The summed E-state index contributed by atoms with van der Waals surface area (Å²) < 4.78 is 12.2. The zero-order valence-electron chi connectivity index (χ0n) is 15.3. The number of carbonyl (C=O) groups is 1. The molecule has 1 aromatic rings. The van der Waals surface area contributed by atoms with Crippen molar-refractivity contribution < 1.29 is 19.2 Å². The SMILES string of the molecule is CC(=O)SCC(=Cc1cc(CO)ccc1Cl)B1OC(C)(C)C(C)(C)O1. The molecule has 136 valence electrons. The number of aliphatic hydroxyl groups excluding tert-OH is 1. The Balaban J connectivity index is 2.38. The molecule has 0 amide bonds. The van der Waals surface area contributed by atoms with Gasteiger partial charge in [0.25, 0.3) is 0 Å². The summed E-state index contributed by atoms with van der Waals surface area (Å²) in [6.45, 7) is 9.42. The van der Waals surface area contributed by atoms with E-state index in [9.17, 15) is 9.90 Å². The molecule has 4 nitrogen and oxygen atoms in total. The van der Waals surface area contributed by atoms with Gasteiger partial charge >= 0.3 is 7.12 Å². The van der Waals surface area contributed by atoms with Gasteiger partial charge in [-0.1, -0.05) is 35.5 Å². The molecule has 0 aromatic heterocycles. The first-order valence-electron chi connectivity index (χ1n) is 8.14. The van der Waals surface area contributed by atoms with Crippen molar-refractivity contribution in [3.63, 3.8) is 0 Å². The van der Waals surface area contributed by atoms with Crippen LogP contribution < -0.4 is 0 Å². The normalized spacial score (nSPS) is 19.3. The second kappa shape index (κ2) is 7.84. The van der Waals surface area contributed by atoms with Crippen LogP contribution in [-0.2, 0) is 20.7 Å². The summed E-state index contributed by atoms with van der Waals surface area (Å²) >= 11 is 7.50. The summed E-state index contributed by atoms with van der Waals surface area (Å²) in [5.41, 5.74) is 1.43. The van der Waals surface area contributed by atoms with Gasteiger partial charge in [0, 0.05) is 17.7 Å². The van der Waals surface area contributed by atoms with E-state index in [4.69, 9.17) is 20.9 Å². The van der Waals surface area contributed by atoms with Crippen molar-refractivity contribution in [3.8, 4) is 0 Å². The average Bonchev–Trinajstić information content (AvgIpc) is 2.73. The number of benzene rings is 1. The van der Waals surface area contributed by atoms with Crippen molar-refractivity contribution in [3.05, 3.63) is 39.8 Å². The molecule has 1 heterocycles. The van der Waals surface area contributed by atoms with Gasteiger partial charge < -0.3 is 14.4 Å². The fourth-order valence-corrected chi connectivity index (χ4v) is 3.12. The fourth-order valence-electron chi connectivity index (χ4n) is 2.36. The number of hydrogen-bond acceptors (Lipinski definition) is 5. The lowest BCUT2D eigenvalue weighted by Gasteiger charge is -2.32. The van der Waals surface area contributed by atoms with Gasteiger partial charge in [-0.05, 0) is 56.4 Å². The van der Waals surface area contributed by atoms with Gasteiger partial charge in [0.1, 0.15) is 0 Å². The van der Waals surface area contributed by atoms with Gasteiger partial charge in [-0.3, -0.25) is 4.79 Å². The van der Waals surface area contributed by atoms with Crippen molar-refractivity contribution in [2.75, 3.05) is 5.75 Å². The summed E-state index contributed by atoms with van der Waals surface area (Å²) in [5.74, 6) is 0.450. The summed E-state index contributed by atoms with van der Waals surface area (Å²) in [6.07, 6.45) is 1.89. The van der Waals surface area contributed by atoms with Crippen LogP contribution in [0.2, 0.25) is 5.02 Å². The quantitative estimate of drug-likeness (QED) is 0.776. The van der Waals surface area contributed by atoms with Crippen LogP contribution in [0.25, 0.3) is 6.08 Å². The molecular weight excluding hydrogens is 359 g/mol. The van der Waals surface area contributed by atoms with Gasteiger partial charge in [0.2, 0.25) is 0 Å². The second-order valence-electron chi connectivity index (χ2n) is 7.10. The zero-order chi connectivity index (χ0) is 18.8. The van der Waals surface area contributed by atoms with Crippen LogP contribution in [0.4, 0.5) is 0 Å². The maximum atomic E-state index is 11.4. The van der Waals surface area contributed by atoms with Gasteiger partial charge in [0.15, 0.2) is 5.12 Å². The standard InChI is InChI=1S/C18H24BClO4S/c1-12(22)25-11-15(19-23-17(2,3)18(4,5)24-19)9-14-8-13(10-21)6-7-16(14)20/h6-9,21H,10-11H2,1-5H3. The number of rotatable bonds is 5. The molecule has 1 N–H and O–H groups in total. The van der Waals surface area contributed by atoms with Gasteiger partial charge in [-0.2, -0.15) is 0 Å². The van der Waals surface area contributed by atoms with Crippen LogP contribution in [0.3, 0.4) is 0 Å². The lowest BCUT2D eigenvalue weighted by atomic mass is 9.78. The topological polar surface area (TPSA) is 55.8 Å². The third-order valence-corrected chi connectivity index (χ3v) is 5.81.